The van der Waals surface area contributed by atoms with Gasteiger partial charge in [0.25, 0.3) is 0 Å². The maximum absolute atomic E-state index is 5.64. The molecule has 1 atom stereocenters. The van der Waals surface area contributed by atoms with Crippen molar-refractivity contribution in [3.8, 4) is 0 Å². The molecule has 88 valence electrons. The fourth-order valence-electron chi connectivity index (χ4n) is 1.65. The van der Waals surface area contributed by atoms with Gasteiger partial charge in [-0.25, -0.2) is 0 Å². The lowest BCUT2D eigenvalue weighted by Gasteiger charge is -2.16. The lowest BCUT2D eigenvalue weighted by Crippen LogP contribution is -2.24. The molecule has 0 aromatic heterocycles. The molecule has 0 spiro atoms. The minimum absolute atomic E-state index is 0.180. The highest BCUT2D eigenvalue weighted by Gasteiger charge is 2.32. The molecule has 0 saturated carbocycles. The minimum atomic E-state index is -0.223. The van der Waals surface area contributed by atoms with E-state index in [4.69, 9.17) is 14.2 Å². The van der Waals surface area contributed by atoms with E-state index in [1.165, 1.54) is 5.56 Å². The van der Waals surface area contributed by atoms with E-state index in [9.17, 15) is 0 Å². The van der Waals surface area contributed by atoms with Gasteiger partial charge in [-0.1, -0.05) is 30.3 Å². The third-order valence-corrected chi connectivity index (χ3v) is 2.43. The van der Waals surface area contributed by atoms with Crippen molar-refractivity contribution in [1.29, 1.82) is 0 Å². The van der Waals surface area contributed by atoms with Gasteiger partial charge in [-0.2, -0.15) is 0 Å². The molecule has 0 N–H and O–H groups in total. The van der Waals surface area contributed by atoms with Crippen LogP contribution in [0.25, 0.3) is 0 Å². The van der Waals surface area contributed by atoms with Gasteiger partial charge in [-0.05, 0) is 19.4 Å². The van der Waals surface area contributed by atoms with E-state index in [0.717, 1.165) is 0 Å². The van der Waals surface area contributed by atoms with E-state index < -0.39 is 0 Å². The Labute approximate surface area is 96.3 Å². The van der Waals surface area contributed by atoms with E-state index in [2.05, 4.69) is 0 Å². The summed E-state index contributed by atoms with van der Waals surface area (Å²) in [6, 6.07) is 10.1. The van der Waals surface area contributed by atoms with Crippen molar-refractivity contribution >= 4 is 0 Å². The van der Waals surface area contributed by atoms with Gasteiger partial charge in [0, 0.05) is 0 Å². The molecule has 1 aliphatic rings. The highest BCUT2D eigenvalue weighted by molar-refractivity contribution is 5.13. The number of rotatable bonds is 4. The van der Waals surface area contributed by atoms with Crippen molar-refractivity contribution in [2.24, 2.45) is 0 Å². The Morgan fingerprint density at radius 2 is 2.06 bits per heavy atom. The first kappa shape index (κ1) is 11.6. The summed E-state index contributed by atoms with van der Waals surface area (Å²) in [5, 5.41) is 0. The zero-order chi connectivity index (χ0) is 11.4. The smallest absolute Gasteiger partial charge is 0.181 e. The summed E-state index contributed by atoms with van der Waals surface area (Å²) in [7, 11) is 0. The van der Waals surface area contributed by atoms with Crippen LogP contribution in [0.3, 0.4) is 0 Å². The van der Waals surface area contributed by atoms with Gasteiger partial charge in [0.15, 0.2) is 6.29 Å². The molecule has 16 heavy (non-hydrogen) atoms. The lowest BCUT2D eigenvalue weighted by atomic mass is 10.2. The molecule has 1 aliphatic heterocycles. The van der Waals surface area contributed by atoms with Crippen molar-refractivity contribution in [3.05, 3.63) is 35.9 Å². The molecule has 1 fully saturated rings. The van der Waals surface area contributed by atoms with Crippen molar-refractivity contribution < 1.29 is 14.2 Å². The fourth-order valence-corrected chi connectivity index (χ4v) is 1.65. The summed E-state index contributed by atoms with van der Waals surface area (Å²) in [5.41, 5.74) is 0.987. The van der Waals surface area contributed by atoms with Gasteiger partial charge in [-0.3, -0.25) is 0 Å². The van der Waals surface area contributed by atoms with E-state index in [0.29, 0.717) is 19.8 Å². The van der Waals surface area contributed by atoms with Crippen LogP contribution in [0.2, 0.25) is 0 Å². The maximum atomic E-state index is 5.64. The van der Waals surface area contributed by atoms with Crippen molar-refractivity contribution in [2.75, 3.05) is 13.2 Å². The third kappa shape index (κ3) is 3.30. The van der Waals surface area contributed by atoms with Crippen LogP contribution in [-0.4, -0.2) is 25.1 Å². The van der Waals surface area contributed by atoms with Crippen molar-refractivity contribution in [2.45, 2.75) is 32.3 Å². The molecule has 1 saturated heterocycles. The third-order valence-electron chi connectivity index (χ3n) is 2.43. The fraction of sp³-hybridized carbons (Fsp3) is 0.538. The maximum Gasteiger partial charge on any atom is 0.181 e. The Bertz CT molecular complexity index is 321. The van der Waals surface area contributed by atoms with Gasteiger partial charge in [0.2, 0.25) is 0 Å². The zero-order valence-electron chi connectivity index (χ0n) is 9.81. The molecule has 2 rings (SSSR count). The Kier molecular flexibility index (Phi) is 3.59. The number of hydrogen-bond donors (Lipinski definition) is 0. The van der Waals surface area contributed by atoms with Crippen LogP contribution in [0.5, 0.6) is 0 Å². The first-order valence-corrected chi connectivity index (χ1v) is 5.57. The molecular formula is C13H18O3. The summed E-state index contributed by atoms with van der Waals surface area (Å²) < 4.78 is 16.6. The normalized spacial score (nSPS) is 23.5. The first-order valence-electron chi connectivity index (χ1n) is 5.57. The summed E-state index contributed by atoms with van der Waals surface area (Å²) >= 11 is 0. The summed E-state index contributed by atoms with van der Waals surface area (Å²) in [4.78, 5) is 0. The van der Waals surface area contributed by atoms with Crippen LogP contribution in [-0.2, 0) is 20.8 Å². The largest absolute Gasteiger partial charge is 0.371 e. The lowest BCUT2D eigenvalue weighted by molar-refractivity contribution is -0.122. The molecular weight excluding hydrogens is 204 g/mol. The molecule has 3 heteroatoms. The molecule has 0 bridgehead atoms. The second-order valence-corrected chi connectivity index (χ2v) is 4.62. The minimum Gasteiger partial charge on any atom is -0.371 e. The van der Waals surface area contributed by atoms with Crippen LogP contribution in [0.1, 0.15) is 19.4 Å². The van der Waals surface area contributed by atoms with Crippen LogP contribution in [0.15, 0.2) is 30.3 Å². The van der Waals surface area contributed by atoms with Crippen LogP contribution in [0, 0.1) is 0 Å². The van der Waals surface area contributed by atoms with Gasteiger partial charge < -0.3 is 14.2 Å². The standard InChI is InChI=1S/C13H18O3/c1-13(2)10-15-12(16-13)9-14-8-11-6-4-3-5-7-11/h3-7,12H,8-10H2,1-2H3. The van der Waals surface area contributed by atoms with E-state index in [-0.39, 0.29) is 11.9 Å². The second-order valence-electron chi connectivity index (χ2n) is 4.62. The number of benzene rings is 1. The average Bonchev–Trinajstić information content (AvgIpc) is 2.60. The number of hydrogen-bond acceptors (Lipinski definition) is 3. The molecule has 1 aromatic carbocycles. The highest BCUT2D eigenvalue weighted by atomic mass is 16.7. The van der Waals surface area contributed by atoms with Crippen molar-refractivity contribution in [3.63, 3.8) is 0 Å². The molecule has 0 aliphatic carbocycles. The quantitative estimate of drug-likeness (QED) is 0.782. The van der Waals surface area contributed by atoms with Crippen LogP contribution in [0.4, 0.5) is 0 Å². The zero-order valence-corrected chi connectivity index (χ0v) is 9.81. The topological polar surface area (TPSA) is 27.7 Å². The SMILES string of the molecule is CC1(C)COC(COCc2ccccc2)O1. The van der Waals surface area contributed by atoms with Gasteiger partial charge in [0.05, 0.1) is 25.4 Å². The monoisotopic (exact) mass is 222 g/mol. The Morgan fingerprint density at radius 3 is 2.69 bits per heavy atom. The van der Waals surface area contributed by atoms with Crippen molar-refractivity contribution in [1.82, 2.24) is 0 Å². The Morgan fingerprint density at radius 1 is 1.31 bits per heavy atom. The molecule has 3 nitrogen and oxygen atoms in total. The Balaban J connectivity index is 1.70. The molecule has 0 radical (unpaired) electrons. The molecule has 1 unspecified atom stereocenters. The number of ether oxygens (including phenoxy) is 3. The predicted octanol–water partition coefficient (Wildman–Crippen LogP) is 2.35. The van der Waals surface area contributed by atoms with E-state index >= 15 is 0 Å². The summed E-state index contributed by atoms with van der Waals surface area (Å²) in [6.07, 6.45) is -0.223. The molecule has 1 aromatic rings. The van der Waals surface area contributed by atoms with Gasteiger partial charge in [0.1, 0.15) is 0 Å². The molecule has 1 heterocycles. The summed E-state index contributed by atoms with van der Waals surface area (Å²) in [5.74, 6) is 0. The highest BCUT2D eigenvalue weighted by Crippen LogP contribution is 2.22. The van der Waals surface area contributed by atoms with E-state index in [1.807, 2.05) is 44.2 Å². The van der Waals surface area contributed by atoms with Crippen LogP contribution < -0.4 is 0 Å². The van der Waals surface area contributed by atoms with Gasteiger partial charge >= 0.3 is 0 Å². The van der Waals surface area contributed by atoms with Gasteiger partial charge in [-0.15, -0.1) is 0 Å². The van der Waals surface area contributed by atoms with Crippen LogP contribution >= 0.6 is 0 Å². The average molecular weight is 222 g/mol. The first-order chi connectivity index (χ1) is 7.66. The van der Waals surface area contributed by atoms with E-state index in [1.54, 1.807) is 0 Å². The predicted molar refractivity (Wildman–Crippen MR) is 61.0 cm³/mol. The summed E-state index contributed by atoms with van der Waals surface area (Å²) in [6.45, 7) is 5.75. The second kappa shape index (κ2) is 4.95. The molecule has 0 amide bonds. The Hall–Kier alpha value is -0.900.